The number of hydrogen-bond acceptors (Lipinski definition) is 5. The van der Waals surface area contributed by atoms with Gasteiger partial charge in [-0.3, -0.25) is 14.9 Å². The van der Waals surface area contributed by atoms with E-state index in [1.54, 1.807) is 18.2 Å². The summed E-state index contributed by atoms with van der Waals surface area (Å²) >= 11 is 0. The molecule has 0 spiro atoms. The molecular weight excluding hydrogens is 272 g/mol. The van der Waals surface area contributed by atoms with E-state index in [-0.39, 0.29) is 22.5 Å². The summed E-state index contributed by atoms with van der Waals surface area (Å²) in [6.45, 7) is 0.693. The van der Waals surface area contributed by atoms with Gasteiger partial charge in [-0.1, -0.05) is 12.1 Å². The minimum Gasteiger partial charge on any atom is -0.469 e. The number of benzene rings is 1. The molecule has 21 heavy (non-hydrogen) atoms. The Balaban J connectivity index is 1.85. The Bertz CT molecular complexity index is 510. The van der Waals surface area contributed by atoms with Crippen molar-refractivity contribution in [3.63, 3.8) is 0 Å². The largest absolute Gasteiger partial charge is 0.469 e. The van der Waals surface area contributed by atoms with Crippen LogP contribution >= 0.6 is 0 Å². The number of esters is 1. The molecule has 0 saturated heterocycles. The smallest absolute Gasteiger partial charge is 0.308 e. The maximum absolute atomic E-state index is 11.5. The van der Waals surface area contributed by atoms with Crippen LogP contribution in [0.25, 0.3) is 0 Å². The van der Waals surface area contributed by atoms with Gasteiger partial charge in [-0.05, 0) is 37.7 Å². The molecule has 2 rings (SSSR count). The molecule has 0 aromatic heterocycles. The molecule has 1 N–H and O–H groups in total. The van der Waals surface area contributed by atoms with E-state index in [1.165, 1.54) is 13.2 Å². The van der Waals surface area contributed by atoms with E-state index in [0.29, 0.717) is 18.2 Å². The highest BCUT2D eigenvalue weighted by molar-refractivity contribution is 5.72. The maximum Gasteiger partial charge on any atom is 0.308 e. The van der Waals surface area contributed by atoms with Gasteiger partial charge in [0.15, 0.2) is 0 Å². The molecule has 1 aliphatic rings. The first-order chi connectivity index (χ1) is 10.1. The number of anilines is 1. The third kappa shape index (κ3) is 3.93. The minimum absolute atomic E-state index is 0.0114. The Morgan fingerprint density at radius 1 is 1.33 bits per heavy atom. The monoisotopic (exact) mass is 292 g/mol. The first-order valence-corrected chi connectivity index (χ1v) is 7.17. The second-order valence-electron chi connectivity index (χ2n) is 5.40. The number of nitro benzene ring substituents is 1. The Labute approximate surface area is 123 Å². The first kappa shape index (κ1) is 15.3. The quantitative estimate of drug-likeness (QED) is 0.512. The molecule has 1 aliphatic carbocycles. The SMILES string of the molecule is COC(=O)C1CCC(CNc2ccccc2[N+](=O)[O-])CC1. The van der Waals surface area contributed by atoms with E-state index in [9.17, 15) is 14.9 Å². The molecule has 0 radical (unpaired) electrons. The van der Waals surface area contributed by atoms with Crippen LogP contribution in [0.2, 0.25) is 0 Å². The zero-order chi connectivity index (χ0) is 15.2. The Morgan fingerprint density at radius 2 is 2.00 bits per heavy atom. The molecule has 1 saturated carbocycles. The van der Waals surface area contributed by atoms with Gasteiger partial charge in [0.1, 0.15) is 5.69 Å². The molecule has 1 aromatic rings. The number of hydrogen-bond donors (Lipinski definition) is 1. The summed E-state index contributed by atoms with van der Waals surface area (Å²) in [6.07, 6.45) is 3.53. The summed E-state index contributed by atoms with van der Waals surface area (Å²) in [5.74, 6) is 0.322. The number of para-hydroxylation sites is 2. The average molecular weight is 292 g/mol. The molecule has 0 amide bonds. The molecule has 6 nitrogen and oxygen atoms in total. The van der Waals surface area contributed by atoms with Crippen LogP contribution in [0.15, 0.2) is 24.3 Å². The van der Waals surface area contributed by atoms with Gasteiger partial charge in [0.2, 0.25) is 0 Å². The molecule has 0 heterocycles. The molecule has 0 aliphatic heterocycles. The molecule has 1 fully saturated rings. The van der Waals surface area contributed by atoms with Crippen LogP contribution in [0.5, 0.6) is 0 Å². The Morgan fingerprint density at radius 3 is 2.62 bits per heavy atom. The zero-order valence-corrected chi connectivity index (χ0v) is 12.1. The number of rotatable bonds is 5. The van der Waals surface area contributed by atoms with Crippen LogP contribution in [0, 0.1) is 22.0 Å². The fraction of sp³-hybridized carbons (Fsp3) is 0.533. The highest BCUT2D eigenvalue weighted by atomic mass is 16.6. The lowest BCUT2D eigenvalue weighted by Gasteiger charge is -2.27. The Hall–Kier alpha value is -2.11. The van der Waals surface area contributed by atoms with Crippen LogP contribution in [0.4, 0.5) is 11.4 Å². The third-order valence-corrected chi connectivity index (χ3v) is 4.06. The molecule has 1 aromatic carbocycles. The van der Waals surface area contributed by atoms with Crippen LogP contribution in [0.3, 0.4) is 0 Å². The van der Waals surface area contributed by atoms with Crippen molar-refractivity contribution >= 4 is 17.3 Å². The second-order valence-corrected chi connectivity index (χ2v) is 5.40. The topological polar surface area (TPSA) is 81.5 Å². The lowest BCUT2D eigenvalue weighted by molar-refractivity contribution is -0.384. The molecule has 0 bridgehead atoms. The summed E-state index contributed by atoms with van der Waals surface area (Å²) in [7, 11) is 1.42. The third-order valence-electron chi connectivity index (χ3n) is 4.06. The summed E-state index contributed by atoms with van der Waals surface area (Å²) in [5.41, 5.74) is 0.651. The van der Waals surface area contributed by atoms with E-state index in [1.807, 2.05) is 0 Å². The summed E-state index contributed by atoms with van der Waals surface area (Å²) in [5, 5.41) is 14.1. The van der Waals surface area contributed by atoms with Crippen LogP contribution in [-0.2, 0) is 9.53 Å². The molecule has 114 valence electrons. The summed E-state index contributed by atoms with van der Waals surface area (Å²) in [6, 6.07) is 6.66. The number of ether oxygens (including phenoxy) is 1. The number of nitro groups is 1. The van der Waals surface area contributed by atoms with Crippen LogP contribution < -0.4 is 5.32 Å². The minimum atomic E-state index is -0.378. The van der Waals surface area contributed by atoms with Gasteiger partial charge in [-0.25, -0.2) is 0 Å². The van der Waals surface area contributed by atoms with Crippen molar-refractivity contribution in [1.29, 1.82) is 0 Å². The molecule has 6 heteroatoms. The van der Waals surface area contributed by atoms with Crippen LogP contribution in [-0.4, -0.2) is 24.5 Å². The van der Waals surface area contributed by atoms with Gasteiger partial charge in [0, 0.05) is 12.6 Å². The van der Waals surface area contributed by atoms with Crippen molar-refractivity contribution in [3.05, 3.63) is 34.4 Å². The predicted molar refractivity (Wildman–Crippen MR) is 79.1 cm³/mol. The van der Waals surface area contributed by atoms with Crippen molar-refractivity contribution < 1.29 is 14.5 Å². The Kier molecular flexibility index (Phi) is 5.14. The average Bonchev–Trinajstić information content (AvgIpc) is 2.52. The number of carbonyl (C=O) groups excluding carboxylic acids is 1. The van der Waals surface area contributed by atoms with E-state index in [0.717, 1.165) is 25.7 Å². The summed E-state index contributed by atoms with van der Waals surface area (Å²) < 4.78 is 4.77. The van der Waals surface area contributed by atoms with Gasteiger partial charge in [-0.2, -0.15) is 0 Å². The van der Waals surface area contributed by atoms with E-state index in [2.05, 4.69) is 5.32 Å². The fourth-order valence-corrected chi connectivity index (χ4v) is 2.81. The normalized spacial score (nSPS) is 21.6. The van der Waals surface area contributed by atoms with Crippen LogP contribution in [0.1, 0.15) is 25.7 Å². The standard InChI is InChI=1S/C15H20N2O4/c1-21-15(18)12-8-6-11(7-9-12)10-16-13-4-2-3-5-14(13)17(19)20/h2-5,11-12,16H,6-10H2,1H3. The van der Waals surface area contributed by atoms with E-state index in [4.69, 9.17) is 4.74 Å². The van der Waals surface area contributed by atoms with E-state index >= 15 is 0 Å². The van der Waals surface area contributed by atoms with Gasteiger partial charge < -0.3 is 10.1 Å². The number of methoxy groups -OCH3 is 1. The van der Waals surface area contributed by atoms with Crippen molar-refractivity contribution in [2.75, 3.05) is 19.0 Å². The number of nitrogens with one attached hydrogen (secondary N) is 1. The van der Waals surface area contributed by atoms with Gasteiger partial charge in [-0.15, -0.1) is 0 Å². The highest BCUT2D eigenvalue weighted by Gasteiger charge is 2.27. The lowest BCUT2D eigenvalue weighted by atomic mass is 9.82. The lowest BCUT2D eigenvalue weighted by Crippen LogP contribution is -2.26. The molecular formula is C15H20N2O4. The number of carbonyl (C=O) groups is 1. The first-order valence-electron chi connectivity index (χ1n) is 7.17. The van der Waals surface area contributed by atoms with E-state index < -0.39 is 0 Å². The maximum atomic E-state index is 11.5. The van der Waals surface area contributed by atoms with Gasteiger partial charge in [0.05, 0.1) is 18.0 Å². The highest BCUT2D eigenvalue weighted by Crippen LogP contribution is 2.30. The molecule has 0 unspecified atom stereocenters. The second kappa shape index (κ2) is 7.06. The van der Waals surface area contributed by atoms with Gasteiger partial charge >= 0.3 is 5.97 Å². The van der Waals surface area contributed by atoms with Gasteiger partial charge in [0.25, 0.3) is 5.69 Å². The molecule has 0 atom stereocenters. The predicted octanol–water partition coefficient (Wildman–Crippen LogP) is 2.99. The van der Waals surface area contributed by atoms with Crippen molar-refractivity contribution in [3.8, 4) is 0 Å². The number of nitrogens with zero attached hydrogens (tertiary/aromatic N) is 1. The fourth-order valence-electron chi connectivity index (χ4n) is 2.81. The zero-order valence-electron chi connectivity index (χ0n) is 12.1. The summed E-state index contributed by atoms with van der Waals surface area (Å²) in [4.78, 5) is 22.0. The van der Waals surface area contributed by atoms with Crippen molar-refractivity contribution in [2.24, 2.45) is 11.8 Å². The van der Waals surface area contributed by atoms with Crippen molar-refractivity contribution in [2.45, 2.75) is 25.7 Å². The van der Waals surface area contributed by atoms with Crippen molar-refractivity contribution in [1.82, 2.24) is 0 Å².